The highest BCUT2D eigenvalue weighted by atomic mass is 79.9. The molecule has 1 unspecified atom stereocenters. The lowest BCUT2D eigenvalue weighted by Crippen LogP contribution is -2.18. The highest BCUT2D eigenvalue weighted by Gasteiger charge is 2.10. The fourth-order valence-electron chi connectivity index (χ4n) is 1.58. The Balaban J connectivity index is 2.57. The van der Waals surface area contributed by atoms with Crippen molar-refractivity contribution in [1.29, 1.82) is 0 Å². The van der Waals surface area contributed by atoms with Gasteiger partial charge in [-0.05, 0) is 30.2 Å². The van der Waals surface area contributed by atoms with Gasteiger partial charge in [-0.2, -0.15) is 0 Å². The standard InChI is InChI=1S/C13H19BrO3/c1-3-6-17-9-12(15)8-10-7-11(14)4-5-13(10)16-2/h4-5,7,12,15H,3,6,8-9H2,1-2H3. The Kier molecular flexibility index (Phi) is 6.55. The third-order valence-electron chi connectivity index (χ3n) is 2.36. The van der Waals surface area contributed by atoms with E-state index in [4.69, 9.17) is 9.47 Å². The minimum Gasteiger partial charge on any atom is -0.496 e. The van der Waals surface area contributed by atoms with Gasteiger partial charge in [0.15, 0.2) is 0 Å². The fourth-order valence-corrected chi connectivity index (χ4v) is 1.99. The second-order valence-electron chi connectivity index (χ2n) is 3.89. The van der Waals surface area contributed by atoms with E-state index in [9.17, 15) is 5.11 Å². The Labute approximate surface area is 111 Å². The Morgan fingerprint density at radius 1 is 1.41 bits per heavy atom. The summed E-state index contributed by atoms with van der Waals surface area (Å²) in [5, 5.41) is 9.84. The maximum absolute atomic E-state index is 9.84. The molecule has 0 aliphatic rings. The molecule has 0 saturated heterocycles. The number of benzene rings is 1. The van der Waals surface area contributed by atoms with Crippen molar-refractivity contribution < 1.29 is 14.6 Å². The Morgan fingerprint density at radius 3 is 2.82 bits per heavy atom. The topological polar surface area (TPSA) is 38.7 Å². The first-order valence-corrected chi connectivity index (χ1v) is 6.55. The third kappa shape index (κ3) is 5.06. The van der Waals surface area contributed by atoms with Gasteiger partial charge in [-0.25, -0.2) is 0 Å². The lowest BCUT2D eigenvalue weighted by atomic mass is 10.1. The molecule has 0 aliphatic carbocycles. The van der Waals surface area contributed by atoms with Crippen LogP contribution in [0.2, 0.25) is 0 Å². The summed E-state index contributed by atoms with van der Waals surface area (Å²) < 4.78 is 11.6. The van der Waals surface area contributed by atoms with Crippen LogP contribution >= 0.6 is 15.9 Å². The van der Waals surface area contributed by atoms with Crippen molar-refractivity contribution >= 4 is 15.9 Å². The first-order valence-electron chi connectivity index (χ1n) is 5.75. The first-order chi connectivity index (χ1) is 8.17. The zero-order chi connectivity index (χ0) is 12.7. The van der Waals surface area contributed by atoms with Gasteiger partial charge in [0.2, 0.25) is 0 Å². The number of hydrogen-bond donors (Lipinski definition) is 1. The molecule has 1 N–H and O–H groups in total. The summed E-state index contributed by atoms with van der Waals surface area (Å²) in [6, 6.07) is 5.77. The predicted molar refractivity (Wildman–Crippen MR) is 71.5 cm³/mol. The van der Waals surface area contributed by atoms with Crippen molar-refractivity contribution in [2.45, 2.75) is 25.9 Å². The predicted octanol–water partition coefficient (Wildman–Crippen LogP) is 2.79. The number of halogens is 1. The van der Waals surface area contributed by atoms with Crippen LogP contribution in [0.4, 0.5) is 0 Å². The molecule has 0 heterocycles. The third-order valence-corrected chi connectivity index (χ3v) is 2.85. The molecule has 0 radical (unpaired) electrons. The SMILES string of the molecule is CCCOCC(O)Cc1cc(Br)ccc1OC. The lowest BCUT2D eigenvalue weighted by molar-refractivity contribution is 0.0371. The number of methoxy groups -OCH3 is 1. The van der Waals surface area contributed by atoms with Crippen LogP contribution in [0.25, 0.3) is 0 Å². The minimum absolute atomic E-state index is 0.365. The summed E-state index contributed by atoms with van der Waals surface area (Å²) in [6.45, 7) is 3.10. The van der Waals surface area contributed by atoms with Crippen molar-refractivity contribution in [2.75, 3.05) is 20.3 Å². The average Bonchev–Trinajstić information content (AvgIpc) is 2.29. The number of ether oxygens (including phenoxy) is 2. The number of hydrogen-bond acceptors (Lipinski definition) is 3. The summed E-state index contributed by atoms with van der Waals surface area (Å²) in [5.41, 5.74) is 0.981. The summed E-state index contributed by atoms with van der Waals surface area (Å²) in [4.78, 5) is 0. The Morgan fingerprint density at radius 2 is 2.18 bits per heavy atom. The van der Waals surface area contributed by atoms with E-state index in [1.165, 1.54) is 0 Å². The smallest absolute Gasteiger partial charge is 0.122 e. The molecule has 0 amide bonds. The van der Waals surface area contributed by atoms with Crippen LogP contribution in [0.1, 0.15) is 18.9 Å². The molecular weight excluding hydrogens is 284 g/mol. The zero-order valence-corrected chi connectivity index (χ0v) is 11.9. The van der Waals surface area contributed by atoms with E-state index in [1.54, 1.807) is 7.11 Å². The van der Waals surface area contributed by atoms with E-state index < -0.39 is 6.10 Å². The van der Waals surface area contributed by atoms with Gasteiger partial charge in [0.25, 0.3) is 0 Å². The van der Waals surface area contributed by atoms with Crippen molar-refractivity contribution in [1.82, 2.24) is 0 Å². The zero-order valence-electron chi connectivity index (χ0n) is 10.3. The van der Waals surface area contributed by atoms with Gasteiger partial charge in [0.1, 0.15) is 5.75 Å². The molecule has 1 atom stereocenters. The molecule has 4 heteroatoms. The van der Waals surface area contributed by atoms with E-state index in [0.717, 1.165) is 22.2 Å². The van der Waals surface area contributed by atoms with Gasteiger partial charge in [0, 0.05) is 17.5 Å². The van der Waals surface area contributed by atoms with Crippen LogP contribution in [-0.2, 0) is 11.2 Å². The molecule has 0 saturated carbocycles. The van der Waals surface area contributed by atoms with Gasteiger partial charge in [-0.3, -0.25) is 0 Å². The highest BCUT2D eigenvalue weighted by Crippen LogP contribution is 2.24. The maximum atomic E-state index is 9.84. The Hall–Kier alpha value is -0.580. The van der Waals surface area contributed by atoms with Crippen LogP contribution in [0.15, 0.2) is 22.7 Å². The summed E-state index contributed by atoms with van der Waals surface area (Å²) in [7, 11) is 1.63. The molecule has 1 rings (SSSR count). The van der Waals surface area contributed by atoms with E-state index in [2.05, 4.69) is 15.9 Å². The largest absolute Gasteiger partial charge is 0.496 e. The van der Waals surface area contributed by atoms with Crippen LogP contribution in [0.5, 0.6) is 5.75 Å². The van der Waals surface area contributed by atoms with Gasteiger partial charge < -0.3 is 14.6 Å². The van der Waals surface area contributed by atoms with Crippen LogP contribution < -0.4 is 4.74 Å². The molecule has 96 valence electrons. The summed E-state index contributed by atoms with van der Waals surface area (Å²) >= 11 is 3.41. The molecule has 0 bridgehead atoms. The molecular formula is C13H19BrO3. The fraction of sp³-hybridized carbons (Fsp3) is 0.538. The van der Waals surface area contributed by atoms with Gasteiger partial charge in [-0.15, -0.1) is 0 Å². The Bertz CT molecular complexity index is 341. The highest BCUT2D eigenvalue weighted by molar-refractivity contribution is 9.10. The second kappa shape index (κ2) is 7.69. The average molecular weight is 303 g/mol. The number of rotatable bonds is 7. The van der Waals surface area contributed by atoms with Crippen LogP contribution in [-0.4, -0.2) is 31.5 Å². The van der Waals surface area contributed by atoms with E-state index in [1.807, 2.05) is 25.1 Å². The molecule has 17 heavy (non-hydrogen) atoms. The summed E-state index contributed by atoms with van der Waals surface area (Å²) in [6.07, 6.45) is 1.00. The van der Waals surface area contributed by atoms with Gasteiger partial charge in [-0.1, -0.05) is 22.9 Å². The van der Waals surface area contributed by atoms with Crippen molar-refractivity contribution in [3.05, 3.63) is 28.2 Å². The quantitative estimate of drug-likeness (QED) is 0.787. The molecule has 1 aromatic carbocycles. The molecule has 3 nitrogen and oxygen atoms in total. The minimum atomic E-state index is -0.496. The maximum Gasteiger partial charge on any atom is 0.122 e. The molecule has 0 fully saturated rings. The number of aliphatic hydroxyl groups excluding tert-OH is 1. The number of aliphatic hydroxyl groups is 1. The summed E-state index contributed by atoms with van der Waals surface area (Å²) in [5.74, 6) is 0.794. The lowest BCUT2D eigenvalue weighted by Gasteiger charge is -2.14. The molecule has 0 spiro atoms. The van der Waals surface area contributed by atoms with Crippen LogP contribution in [0.3, 0.4) is 0 Å². The van der Waals surface area contributed by atoms with Crippen molar-refractivity contribution in [2.24, 2.45) is 0 Å². The normalized spacial score (nSPS) is 12.5. The molecule has 0 aliphatic heterocycles. The molecule has 0 aromatic heterocycles. The molecule has 1 aromatic rings. The monoisotopic (exact) mass is 302 g/mol. The van der Waals surface area contributed by atoms with Crippen molar-refractivity contribution in [3.63, 3.8) is 0 Å². The van der Waals surface area contributed by atoms with E-state index in [0.29, 0.717) is 19.6 Å². The van der Waals surface area contributed by atoms with Crippen LogP contribution in [0, 0.1) is 0 Å². The van der Waals surface area contributed by atoms with E-state index in [-0.39, 0.29) is 0 Å². The van der Waals surface area contributed by atoms with Gasteiger partial charge in [0.05, 0.1) is 19.8 Å². The van der Waals surface area contributed by atoms with E-state index >= 15 is 0 Å². The second-order valence-corrected chi connectivity index (χ2v) is 4.80. The van der Waals surface area contributed by atoms with Gasteiger partial charge >= 0.3 is 0 Å². The van der Waals surface area contributed by atoms with Crippen molar-refractivity contribution in [3.8, 4) is 5.75 Å². The first kappa shape index (κ1) is 14.5.